The van der Waals surface area contributed by atoms with Gasteiger partial charge in [0, 0.05) is 6.26 Å². The first-order valence-corrected chi connectivity index (χ1v) is 7.61. The molecule has 0 aliphatic heterocycles. The first kappa shape index (κ1) is 12.0. The summed E-state index contributed by atoms with van der Waals surface area (Å²) >= 11 is 0. The lowest BCUT2D eigenvalue weighted by molar-refractivity contribution is 0.260. The van der Waals surface area contributed by atoms with E-state index in [1.54, 1.807) is 0 Å². The molecule has 1 aliphatic rings. The molecule has 0 spiro atoms. The van der Waals surface area contributed by atoms with Crippen molar-refractivity contribution in [2.24, 2.45) is 11.8 Å². The predicted octanol–water partition coefficient (Wildman–Crippen LogP) is 2.64. The van der Waals surface area contributed by atoms with Crippen molar-refractivity contribution in [3.05, 3.63) is 0 Å². The highest BCUT2D eigenvalue weighted by atomic mass is 32.2. The normalized spacial score (nSPS) is 31.4. The summed E-state index contributed by atoms with van der Waals surface area (Å²) in [5.74, 6) is 0.957. The van der Waals surface area contributed by atoms with Crippen LogP contribution in [0, 0.1) is 11.8 Å². The summed E-state index contributed by atoms with van der Waals surface area (Å²) in [5, 5.41) is -0.0637. The first-order valence-electron chi connectivity index (χ1n) is 5.65. The van der Waals surface area contributed by atoms with Crippen LogP contribution in [-0.4, -0.2) is 19.9 Å². The van der Waals surface area contributed by atoms with Crippen LogP contribution in [-0.2, 0) is 9.84 Å². The molecule has 0 aromatic rings. The van der Waals surface area contributed by atoms with E-state index in [9.17, 15) is 8.42 Å². The largest absolute Gasteiger partial charge is 0.229 e. The molecule has 84 valence electrons. The summed E-state index contributed by atoms with van der Waals surface area (Å²) in [6.07, 6.45) is 6.78. The van der Waals surface area contributed by atoms with Crippen molar-refractivity contribution in [1.82, 2.24) is 0 Å². The highest BCUT2D eigenvalue weighted by Gasteiger charge is 2.34. The Morgan fingerprint density at radius 2 is 1.86 bits per heavy atom. The van der Waals surface area contributed by atoms with Crippen molar-refractivity contribution in [3.63, 3.8) is 0 Å². The second-order valence-electron chi connectivity index (χ2n) is 4.70. The van der Waals surface area contributed by atoms with E-state index in [2.05, 4.69) is 13.8 Å². The summed E-state index contributed by atoms with van der Waals surface area (Å²) in [6, 6.07) is 0. The fourth-order valence-corrected chi connectivity index (χ4v) is 4.24. The van der Waals surface area contributed by atoms with Crippen LogP contribution in [0.1, 0.15) is 46.0 Å². The second-order valence-corrected chi connectivity index (χ2v) is 6.97. The van der Waals surface area contributed by atoms with Crippen molar-refractivity contribution in [3.8, 4) is 0 Å². The molecule has 1 fully saturated rings. The molecule has 0 bridgehead atoms. The molecule has 0 heterocycles. The highest BCUT2D eigenvalue weighted by molar-refractivity contribution is 7.91. The molecule has 1 rings (SSSR count). The molecule has 3 heteroatoms. The Morgan fingerprint density at radius 1 is 1.29 bits per heavy atom. The van der Waals surface area contributed by atoms with Crippen molar-refractivity contribution in [2.45, 2.75) is 51.2 Å². The van der Waals surface area contributed by atoms with Gasteiger partial charge in [-0.3, -0.25) is 0 Å². The van der Waals surface area contributed by atoms with Crippen LogP contribution in [0.4, 0.5) is 0 Å². The molecule has 0 aromatic carbocycles. The maximum Gasteiger partial charge on any atom is 0.150 e. The maximum atomic E-state index is 11.6. The molecule has 1 saturated carbocycles. The molecule has 2 unspecified atom stereocenters. The van der Waals surface area contributed by atoms with Crippen LogP contribution in [0.15, 0.2) is 0 Å². The van der Waals surface area contributed by atoms with Gasteiger partial charge in [-0.25, -0.2) is 8.42 Å². The van der Waals surface area contributed by atoms with Crippen LogP contribution >= 0.6 is 0 Å². The minimum absolute atomic E-state index is 0.0637. The standard InChI is InChI=1S/C11H22O2S/c1-4-9(2)10-7-5-6-8-11(10)14(3,12)13/h9-11H,4-8H2,1-3H3/t9-,10?,11?/m0/s1. The molecule has 0 radical (unpaired) electrons. The average molecular weight is 218 g/mol. The van der Waals surface area contributed by atoms with Gasteiger partial charge in [-0.15, -0.1) is 0 Å². The number of hydrogen-bond acceptors (Lipinski definition) is 2. The van der Waals surface area contributed by atoms with Crippen LogP contribution in [0.25, 0.3) is 0 Å². The summed E-state index contributed by atoms with van der Waals surface area (Å²) in [5.41, 5.74) is 0. The lowest BCUT2D eigenvalue weighted by atomic mass is 9.79. The van der Waals surface area contributed by atoms with E-state index in [0.717, 1.165) is 25.7 Å². The topological polar surface area (TPSA) is 34.1 Å². The summed E-state index contributed by atoms with van der Waals surface area (Å²) in [7, 11) is -2.83. The van der Waals surface area contributed by atoms with E-state index in [-0.39, 0.29) is 5.25 Å². The van der Waals surface area contributed by atoms with E-state index < -0.39 is 9.84 Å². The predicted molar refractivity (Wildman–Crippen MR) is 60.0 cm³/mol. The van der Waals surface area contributed by atoms with Gasteiger partial charge in [0.15, 0.2) is 9.84 Å². The van der Waals surface area contributed by atoms with E-state index >= 15 is 0 Å². The molecular weight excluding hydrogens is 196 g/mol. The Hall–Kier alpha value is -0.0500. The van der Waals surface area contributed by atoms with Crippen molar-refractivity contribution >= 4 is 9.84 Å². The quantitative estimate of drug-likeness (QED) is 0.730. The zero-order valence-corrected chi connectivity index (χ0v) is 10.3. The Labute approximate surface area is 88.0 Å². The third-order valence-corrected chi connectivity index (χ3v) is 5.36. The average Bonchev–Trinajstić information content (AvgIpc) is 2.15. The fourth-order valence-electron chi connectivity index (χ4n) is 2.61. The number of sulfone groups is 1. The molecule has 0 amide bonds. The summed E-state index contributed by atoms with van der Waals surface area (Å²) in [4.78, 5) is 0. The molecule has 0 aromatic heterocycles. The van der Waals surface area contributed by atoms with Gasteiger partial charge in [-0.2, -0.15) is 0 Å². The van der Waals surface area contributed by atoms with Gasteiger partial charge >= 0.3 is 0 Å². The van der Waals surface area contributed by atoms with Gasteiger partial charge in [0.2, 0.25) is 0 Å². The first-order chi connectivity index (χ1) is 6.46. The van der Waals surface area contributed by atoms with Gasteiger partial charge in [0.1, 0.15) is 0 Å². The van der Waals surface area contributed by atoms with Gasteiger partial charge in [0.05, 0.1) is 5.25 Å². The van der Waals surface area contributed by atoms with Crippen molar-refractivity contribution in [2.75, 3.05) is 6.26 Å². The second kappa shape index (κ2) is 4.65. The monoisotopic (exact) mass is 218 g/mol. The lowest BCUT2D eigenvalue weighted by Gasteiger charge is -2.34. The zero-order valence-electron chi connectivity index (χ0n) is 9.49. The van der Waals surface area contributed by atoms with E-state index in [0.29, 0.717) is 11.8 Å². The summed E-state index contributed by atoms with van der Waals surface area (Å²) in [6.45, 7) is 4.34. The molecule has 14 heavy (non-hydrogen) atoms. The number of rotatable bonds is 3. The fraction of sp³-hybridized carbons (Fsp3) is 1.00. The Kier molecular flexibility index (Phi) is 3.99. The van der Waals surface area contributed by atoms with Gasteiger partial charge in [-0.1, -0.05) is 33.1 Å². The Bertz CT molecular complexity index is 269. The minimum Gasteiger partial charge on any atom is -0.229 e. The molecule has 2 nitrogen and oxygen atoms in total. The third-order valence-electron chi connectivity index (χ3n) is 3.68. The van der Waals surface area contributed by atoms with Crippen LogP contribution < -0.4 is 0 Å². The molecule has 1 aliphatic carbocycles. The van der Waals surface area contributed by atoms with Gasteiger partial charge in [0.25, 0.3) is 0 Å². The van der Waals surface area contributed by atoms with E-state index in [1.807, 2.05) is 0 Å². The Balaban J connectivity index is 2.79. The zero-order chi connectivity index (χ0) is 10.8. The maximum absolute atomic E-state index is 11.6. The SMILES string of the molecule is CC[C@H](C)C1CCCCC1S(C)(=O)=O. The van der Waals surface area contributed by atoms with Gasteiger partial charge < -0.3 is 0 Å². The Morgan fingerprint density at radius 3 is 2.36 bits per heavy atom. The molecule has 0 saturated heterocycles. The van der Waals surface area contributed by atoms with Crippen LogP contribution in [0.3, 0.4) is 0 Å². The lowest BCUT2D eigenvalue weighted by Crippen LogP contribution is -2.35. The molecule has 3 atom stereocenters. The van der Waals surface area contributed by atoms with Crippen molar-refractivity contribution in [1.29, 1.82) is 0 Å². The van der Waals surface area contributed by atoms with Gasteiger partial charge in [-0.05, 0) is 24.7 Å². The minimum atomic E-state index is -2.83. The van der Waals surface area contributed by atoms with E-state index in [1.165, 1.54) is 12.7 Å². The summed E-state index contributed by atoms with van der Waals surface area (Å²) < 4.78 is 23.2. The molecule has 0 N–H and O–H groups in total. The highest BCUT2D eigenvalue weighted by Crippen LogP contribution is 2.35. The van der Waals surface area contributed by atoms with Crippen LogP contribution in [0.2, 0.25) is 0 Å². The number of hydrogen-bond donors (Lipinski definition) is 0. The van der Waals surface area contributed by atoms with Crippen molar-refractivity contribution < 1.29 is 8.42 Å². The third kappa shape index (κ3) is 2.72. The van der Waals surface area contributed by atoms with E-state index in [4.69, 9.17) is 0 Å². The van der Waals surface area contributed by atoms with Crippen LogP contribution in [0.5, 0.6) is 0 Å². The molecular formula is C11H22O2S. The smallest absolute Gasteiger partial charge is 0.150 e.